The maximum Gasteiger partial charge on any atom is 0.162 e. The van der Waals surface area contributed by atoms with Crippen molar-refractivity contribution in [3.05, 3.63) is 53.9 Å². The van der Waals surface area contributed by atoms with Crippen molar-refractivity contribution in [3.63, 3.8) is 0 Å². The SMILES string of the molecule is COc1cc2nc(CC(C)C)nc(N3CCC(Cc4ccccc4)CC3)c2cc1OC. The minimum atomic E-state index is 0.502. The first kappa shape index (κ1) is 21.4. The van der Waals surface area contributed by atoms with E-state index in [0.29, 0.717) is 11.7 Å². The van der Waals surface area contributed by atoms with Gasteiger partial charge in [-0.15, -0.1) is 0 Å². The van der Waals surface area contributed by atoms with E-state index in [9.17, 15) is 0 Å². The van der Waals surface area contributed by atoms with Crippen molar-refractivity contribution >= 4 is 16.7 Å². The van der Waals surface area contributed by atoms with Gasteiger partial charge >= 0.3 is 0 Å². The van der Waals surface area contributed by atoms with Gasteiger partial charge in [-0.05, 0) is 42.7 Å². The molecule has 0 saturated carbocycles. The van der Waals surface area contributed by atoms with Crippen molar-refractivity contribution in [2.75, 3.05) is 32.2 Å². The highest BCUT2D eigenvalue weighted by Gasteiger charge is 2.24. The van der Waals surface area contributed by atoms with Gasteiger partial charge in [-0.25, -0.2) is 9.97 Å². The molecule has 0 amide bonds. The first-order valence-electron chi connectivity index (χ1n) is 11.3. The summed E-state index contributed by atoms with van der Waals surface area (Å²) in [4.78, 5) is 12.3. The molecule has 1 saturated heterocycles. The quantitative estimate of drug-likeness (QED) is 0.520. The summed E-state index contributed by atoms with van der Waals surface area (Å²) >= 11 is 0. The molecule has 4 rings (SSSR count). The zero-order valence-corrected chi connectivity index (χ0v) is 19.1. The molecule has 0 bridgehead atoms. The van der Waals surface area contributed by atoms with Crippen LogP contribution < -0.4 is 14.4 Å². The Labute approximate surface area is 185 Å². The number of hydrogen-bond acceptors (Lipinski definition) is 5. The van der Waals surface area contributed by atoms with Crippen molar-refractivity contribution in [2.45, 2.75) is 39.5 Å². The number of aromatic nitrogens is 2. The lowest BCUT2D eigenvalue weighted by molar-refractivity contribution is 0.355. The molecule has 0 spiro atoms. The molecule has 1 aliphatic rings. The Morgan fingerprint density at radius 2 is 1.65 bits per heavy atom. The van der Waals surface area contributed by atoms with E-state index >= 15 is 0 Å². The fraction of sp³-hybridized carbons (Fsp3) is 0.462. The van der Waals surface area contributed by atoms with Gasteiger partial charge in [-0.3, -0.25) is 0 Å². The average Bonchev–Trinajstić information content (AvgIpc) is 2.78. The van der Waals surface area contributed by atoms with Crippen molar-refractivity contribution in [3.8, 4) is 11.5 Å². The van der Waals surface area contributed by atoms with Crippen LogP contribution in [0.1, 0.15) is 38.1 Å². The van der Waals surface area contributed by atoms with Crippen LogP contribution in [0.5, 0.6) is 11.5 Å². The summed E-state index contributed by atoms with van der Waals surface area (Å²) in [5, 5.41) is 1.03. The number of hydrogen-bond donors (Lipinski definition) is 0. The zero-order chi connectivity index (χ0) is 21.8. The van der Waals surface area contributed by atoms with Crippen LogP contribution in [0, 0.1) is 11.8 Å². The zero-order valence-electron chi connectivity index (χ0n) is 19.1. The minimum Gasteiger partial charge on any atom is -0.493 e. The second-order valence-corrected chi connectivity index (χ2v) is 8.91. The largest absolute Gasteiger partial charge is 0.493 e. The highest BCUT2D eigenvalue weighted by atomic mass is 16.5. The Balaban J connectivity index is 1.62. The molecule has 1 aromatic heterocycles. The number of ether oxygens (including phenoxy) is 2. The summed E-state index contributed by atoms with van der Waals surface area (Å²) in [6, 6.07) is 14.8. The summed E-state index contributed by atoms with van der Waals surface area (Å²) in [5.41, 5.74) is 2.36. The Bertz CT molecular complexity index is 1010. The molecule has 2 aromatic carbocycles. The molecular weight excluding hydrogens is 386 g/mol. The van der Waals surface area contributed by atoms with E-state index < -0.39 is 0 Å². The molecule has 1 aliphatic heterocycles. The smallest absolute Gasteiger partial charge is 0.162 e. The van der Waals surface area contributed by atoms with Crippen molar-refractivity contribution in [1.82, 2.24) is 9.97 Å². The number of nitrogens with zero attached hydrogens (tertiary/aromatic N) is 3. The highest BCUT2D eigenvalue weighted by molar-refractivity contribution is 5.92. The Hall–Kier alpha value is -2.82. The van der Waals surface area contributed by atoms with E-state index in [1.165, 1.54) is 18.4 Å². The second kappa shape index (κ2) is 9.54. The van der Waals surface area contributed by atoms with E-state index in [-0.39, 0.29) is 0 Å². The van der Waals surface area contributed by atoms with Crippen molar-refractivity contribution in [1.29, 1.82) is 0 Å². The maximum atomic E-state index is 5.57. The van der Waals surface area contributed by atoms with Gasteiger partial charge < -0.3 is 14.4 Å². The summed E-state index contributed by atoms with van der Waals surface area (Å²) in [5.74, 6) is 4.57. The second-order valence-electron chi connectivity index (χ2n) is 8.91. The monoisotopic (exact) mass is 419 g/mol. The Kier molecular flexibility index (Phi) is 6.59. The molecule has 31 heavy (non-hydrogen) atoms. The summed E-state index contributed by atoms with van der Waals surface area (Å²) in [7, 11) is 3.34. The molecule has 1 fully saturated rings. The molecule has 0 atom stereocenters. The molecule has 2 heterocycles. The van der Waals surface area contributed by atoms with E-state index in [0.717, 1.165) is 60.1 Å². The number of methoxy groups -OCH3 is 2. The normalized spacial score (nSPS) is 14.9. The standard InChI is InChI=1S/C26H33N3O2/c1-18(2)14-25-27-22-17-24(31-4)23(30-3)16-21(22)26(28-25)29-12-10-20(11-13-29)15-19-8-6-5-7-9-19/h5-9,16-18,20H,10-15H2,1-4H3. The topological polar surface area (TPSA) is 47.5 Å². The molecule has 5 heteroatoms. The van der Waals surface area contributed by atoms with Gasteiger partial charge in [0.15, 0.2) is 11.5 Å². The van der Waals surface area contributed by atoms with Gasteiger partial charge in [0.2, 0.25) is 0 Å². The Morgan fingerprint density at radius 1 is 0.968 bits per heavy atom. The lowest BCUT2D eigenvalue weighted by Crippen LogP contribution is -2.35. The third kappa shape index (κ3) is 4.92. The van der Waals surface area contributed by atoms with Gasteiger partial charge in [0.05, 0.1) is 19.7 Å². The van der Waals surface area contributed by atoms with Gasteiger partial charge in [-0.2, -0.15) is 0 Å². The first-order valence-corrected chi connectivity index (χ1v) is 11.3. The van der Waals surface area contributed by atoms with Crippen LogP contribution in [-0.2, 0) is 12.8 Å². The molecule has 0 unspecified atom stereocenters. The number of piperidine rings is 1. The number of rotatable bonds is 7. The minimum absolute atomic E-state index is 0.502. The van der Waals surface area contributed by atoms with Crippen molar-refractivity contribution in [2.24, 2.45) is 11.8 Å². The summed E-state index contributed by atoms with van der Waals surface area (Å²) in [6.07, 6.45) is 4.37. The summed E-state index contributed by atoms with van der Waals surface area (Å²) in [6.45, 7) is 6.44. The van der Waals surface area contributed by atoms with Crippen LogP contribution in [0.25, 0.3) is 10.9 Å². The lowest BCUT2D eigenvalue weighted by atomic mass is 9.90. The van der Waals surface area contributed by atoms with Crippen LogP contribution in [0.15, 0.2) is 42.5 Å². The average molecular weight is 420 g/mol. The van der Waals surface area contributed by atoms with E-state index in [2.05, 4.69) is 49.1 Å². The van der Waals surface area contributed by atoms with Crippen molar-refractivity contribution < 1.29 is 9.47 Å². The highest BCUT2D eigenvalue weighted by Crippen LogP contribution is 2.36. The van der Waals surface area contributed by atoms with Crippen LogP contribution in [0.2, 0.25) is 0 Å². The summed E-state index contributed by atoms with van der Waals surface area (Å²) < 4.78 is 11.1. The Morgan fingerprint density at radius 3 is 2.29 bits per heavy atom. The lowest BCUT2D eigenvalue weighted by Gasteiger charge is -2.33. The van der Waals surface area contributed by atoms with E-state index in [1.54, 1.807) is 14.2 Å². The molecule has 0 radical (unpaired) electrons. The molecule has 164 valence electrons. The van der Waals surface area contributed by atoms with Crippen LogP contribution >= 0.6 is 0 Å². The number of benzene rings is 2. The van der Waals surface area contributed by atoms with E-state index in [4.69, 9.17) is 19.4 Å². The van der Waals surface area contributed by atoms with Gasteiger partial charge in [0.1, 0.15) is 11.6 Å². The molecule has 0 aliphatic carbocycles. The predicted molar refractivity (Wildman–Crippen MR) is 126 cm³/mol. The van der Waals surface area contributed by atoms with Crippen LogP contribution in [-0.4, -0.2) is 37.3 Å². The van der Waals surface area contributed by atoms with E-state index in [1.807, 2.05) is 12.1 Å². The molecule has 5 nitrogen and oxygen atoms in total. The molecule has 3 aromatic rings. The molecule has 0 N–H and O–H groups in total. The van der Waals surface area contributed by atoms with Gasteiger partial charge in [-0.1, -0.05) is 44.2 Å². The molecular formula is C26H33N3O2. The first-order chi connectivity index (χ1) is 15.1. The fourth-order valence-electron chi connectivity index (χ4n) is 4.48. The predicted octanol–water partition coefficient (Wildman–Crippen LogP) is 5.30. The van der Waals surface area contributed by atoms with Gasteiger partial charge in [0, 0.05) is 31.0 Å². The van der Waals surface area contributed by atoms with Crippen LogP contribution in [0.4, 0.5) is 5.82 Å². The van der Waals surface area contributed by atoms with Crippen LogP contribution in [0.3, 0.4) is 0 Å². The number of anilines is 1. The van der Waals surface area contributed by atoms with Gasteiger partial charge in [0.25, 0.3) is 0 Å². The third-order valence-electron chi connectivity index (χ3n) is 6.10. The maximum absolute atomic E-state index is 5.57. The fourth-order valence-corrected chi connectivity index (χ4v) is 4.48. The third-order valence-corrected chi connectivity index (χ3v) is 6.10. The number of fused-ring (bicyclic) bond motifs is 1.